The molecule has 0 aliphatic carbocycles. The number of fused-ring (bicyclic) bond motifs is 1. The Labute approximate surface area is 158 Å². The van der Waals surface area contributed by atoms with Gasteiger partial charge in [0.2, 0.25) is 5.91 Å². The van der Waals surface area contributed by atoms with E-state index >= 15 is 0 Å². The van der Waals surface area contributed by atoms with Crippen molar-refractivity contribution in [1.29, 1.82) is 0 Å². The predicted octanol–water partition coefficient (Wildman–Crippen LogP) is 4.27. The highest BCUT2D eigenvalue weighted by Gasteiger charge is 2.15. The summed E-state index contributed by atoms with van der Waals surface area (Å²) in [6.45, 7) is 2.57. The number of rotatable bonds is 5. The van der Waals surface area contributed by atoms with E-state index in [2.05, 4.69) is 21.2 Å². The lowest BCUT2D eigenvalue weighted by molar-refractivity contribution is -0.116. The highest BCUT2D eigenvalue weighted by atomic mass is 79.9. The first-order valence-electron chi connectivity index (χ1n) is 7.94. The molecule has 1 heterocycles. The number of benzene rings is 2. The van der Waals surface area contributed by atoms with E-state index in [1.54, 1.807) is 22.8 Å². The molecule has 3 rings (SSSR count). The number of nitrogens with zero attached hydrogens (tertiary/aromatic N) is 2. The van der Waals surface area contributed by atoms with Crippen molar-refractivity contribution in [2.75, 3.05) is 5.32 Å². The molecule has 5 nitrogen and oxygen atoms in total. The van der Waals surface area contributed by atoms with Crippen molar-refractivity contribution in [1.82, 2.24) is 9.13 Å². The molecule has 0 spiro atoms. The first kappa shape index (κ1) is 17.8. The Hall–Kier alpha value is -2.05. The number of imidazole rings is 1. The Balaban J connectivity index is 1.91. The lowest BCUT2D eigenvalue weighted by Crippen LogP contribution is -2.29. The second-order valence-corrected chi connectivity index (χ2v) is 7.00. The van der Waals surface area contributed by atoms with Gasteiger partial charge < -0.3 is 5.32 Å². The number of hydrogen-bond acceptors (Lipinski definition) is 2. The topological polar surface area (TPSA) is 56.0 Å². The average molecular weight is 423 g/mol. The summed E-state index contributed by atoms with van der Waals surface area (Å²) >= 11 is 9.46. The minimum absolute atomic E-state index is 0.0670. The van der Waals surface area contributed by atoms with E-state index in [1.807, 2.05) is 31.2 Å². The monoisotopic (exact) mass is 421 g/mol. The van der Waals surface area contributed by atoms with Gasteiger partial charge in [-0.05, 0) is 36.8 Å². The number of hydrogen-bond donors (Lipinski definition) is 1. The third kappa shape index (κ3) is 3.65. The van der Waals surface area contributed by atoms with Gasteiger partial charge in [0, 0.05) is 11.0 Å². The highest BCUT2D eigenvalue weighted by Crippen LogP contribution is 2.25. The molecule has 2 aromatic carbocycles. The lowest BCUT2D eigenvalue weighted by atomic mass is 10.3. The Morgan fingerprint density at radius 2 is 1.84 bits per heavy atom. The number of carbonyl (C=O) groups excluding carboxylic acids is 1. The lowest BCUT2D eigenvalue weighted by Gasteiger charge is -2.08. The molecule has 1 N–H and O–H groups in total. The zero-order chi connectivity index (χ0) is 18.0. The van der Waals surface area contributed by atoms with Crippen LogP contribution >= 0.6 is 27.5 Å². The zero-order valence-corrected chi connectivity index (χ0v) is 16.0. The third-order valence-corrected chi connectivity index (χ3v) is 4.69. The van der Waals surface area contributed by atoms with Crippen LogP contribution in [-0.4, -0.2) is 15.0 Å². The summed E-state index contributed by atoms with van der Waals surface area (Å²) in [7, 11) is 0. The number of anilines is 1. The smallest absolute Gasteiger partial charge is 0.323 e. The van der Waals surface area contributed by atoms with Crippen molar-refractivity contribution in [3.8, 4) is 0 Å². The van der Waals surface area contributed by atoms with Crippen molar-refractivity contribution in [2.45, 2.75) is 26.4 Å². The quantitative estimate of drug-likeness (QED) is 0.667. The van der Waals surface area contributed by atoms with Crippen LogP contribution in [0.5, 0.6) is 0 Å². The number of aryl methyl sites for hydroxylation is 1. The molecule has 0 saturated carbocycles. The molecule has 1 aromatic heterocycles. The summed E-state index contributed by atoms with van der Waals surface area (Å²) in [5.41, 5.74) is 1.92. The summed E-state index contributed by atoms with van der Waals surface area (Å²) in [5.74, 6) is -0.300. The van der Waals surface area contributed by atoms with Crippen LogP contribution in [0.3, 0.4) is 0 Å². The number of para-hydroxylation sites is 2. The standard InChI is InChI=1S/C18H17BrClN3O2/c1-2-9-22-15-5-3-4-6-16(15)23(18(22)25)11-17(24)21-14-8-7-12(19)10-13(14)20/h3-8,10H,2,9,11H2,1H3,(H,21,24). The average Bonchev–Trinajstić information content (AvgIpc) is 2.84. The van der Waals surface area contributed by atoms with Gasteiger partial charge in [0.25, 0.3) is 0 Å². The van der Waals surface area contributed by atoms with E-state index < -0.39 is 0 Å². The highest BCUT2D eigenvalue weighted by molar-refractivity contribution is 9.10. The van der Waals surface area contributed by atoms with Gasteiger partial charge in [-0.2, -0.15) is 0 Å². The minimum atomic E-state index is -0.300. The molecule has 0 radical (unpaired) electrons. The number of carbonyl (C=O) groups is 1. The Morgan fingerprint density at radius 1 is 1.16 bits per heavy atom. The molecule has 0 bridgehead atoms. The summed E-state index contributed by atoms with van der Waals surface area (Å²) in [4.78, 5) is 25.1. The van der Waals surface area contributed by atoms with Gasteiger partial charge in [-0.15, -0.1) is 0 Å². The molecule has 0 fully saturated rings. The van der Waals surface area contributed by atoms with Crippen molar-refractivity contribution >= 4 is 50.2 Å². The van der Waals surface area contributed by atoms with E-state index in [0.717, 1.165) is 21.9 Å². The number of aromatic nitrogens is 2. The Bertz CT molecular complexity index is 994. The number of nitrogens with one attached hydrogen (secondary N) is 1. The zero-order valence-electron chi connectivity index (χ0n) is 13.6. The SMILES string of the molecule is CCCn1c(=O)n(CC(=O)Nc2ccc(Br)cc2Cl)c2ccccc21. The summed E-state index contributed by atoms with van der Waals surface area (Å²) < 4.78 is 4.02. The van der Waals surface area contributed by atoms with Crippen LogP contribution in [0.15, 0.2) is 51.7 Å². The van der Waals surface area contributed by atoms with Crippen LogP contribution in [-0.2, 0) is 17.9 Å². The van der Waals surface area contributed by atoms with E-state index in [0.29, 0.717) is 17.3 Å². The van der Waals surface area contributed by atoms with E-state index in [1.165, 1.54) is 4.57 Å². The predicted molar refractivity (Wildman–Crippen MR) is 104 cm³/mol. The fourth-order valence-electron chi connectivity index (χ4n) is 2.79. The molecule has 1 amide bonds. The Kier molecular flexibility index (Phi) is 5.30. The van der Waals surface area contributed by atoms with Gasteiger partial charge in [-0.25, -0.2) is 4.79 Å². The van der Waals surface area contributed by atoms with Crippen LogP contribution in [0.25, 0.3) is 11.0 Å². The second-order valence-electron chi connectivity index (χ2n) is 5.68. The summed E-state index contributed by atoms with van der Waals surface area (Å²) in [6.07, 6.45) is 0.842. The number of halogens is 2. The van der Waals surface area contributed by atoms with Crippen molar-refractivity contribution in [2.24, 2.45) is 0 Å². The summed E-state index contributed by atoms with van der Waals surface area (Å²) in [6, 6.07) is 12.7. The molecular weight excluding hydrogens is 406 g/mol. The molecule has 0 unspecified atom stereocenters. The van der Waals surface area contributed by atoms with Crippen LogP contribution in [0.1, 0.15) is 13.3 Å². The first-order valence-corrected chi connectivity index (χ1v) is 9.11. The molecule has 7 heteroatoms. The molecular formula is C18H17BrClN3O2. The van der Waals surface area contributed by atoms with Crippen molar-refractivity contribution in [3.63, 3.8) is 0 Å². The van der Waals surface area contributed by atoms with Gasteiger partial charge in [0.1, 0.15) is 6.54 Å². The fraction of sp³-hybridized carbons (Fsp3) is 0.222. The molecule has 0 aliphatic heterocycles. The van der Waals surface area contributed by atoms with E-state index in [9.17, 15) is 9.59 Å². The van der Waals surface area contributed by atoms with Gasteiger partial charge in [0.05, 0.1) is 21.7 Å². The van der Waals surface area contributed by atoms with Crippen molar-refractivity contribution in [3.05, 3.63) is 62.4 Å². The third-order valence-electron chi connectivity index (χ3n) is 3.88. The maximum absolute atomic E-state index is 12.7. The fourth-order valence-corrected chi connectivity index (χ4v) is 3.51. The van der Waals surface area contributed by atoms with Gasteiger partial charge >= 0.3 is 5.69 Å². The maximum atomic E-state index is 12.7. The largest absolute Gasteiger partial charge is 0.329 e. The molecule has 3 aromatic rings. The molecule has 0 saturated heterocycles. The molecule has 0 atom stereocenters. The van der Waals surface area contributed by atoms with Gasteiger partial charge in [-0.1, -0.05) is 46.6 Å². The normalized spacial score (nSPS) is 11.0. The minimum Gasteiger partial charge on any atom is -0.323 e. The van der Waals surface area contributed by atoms with Gasteiger partial charge in [-0.3, -0.25) is 13.9 Å². The van der Waals surface area contributed by atoms with Crippen LogP contribution < -0.4 is 11.0 Å². The molecule has 130 valence electrons. The second kappa shape index (κ2) is 7.45. The van der Waals surface area contributed by atoms with Crippen LogP contribution in [0.4, 0.5) is 5.69 Å². The van der Waals surface area contributed by atoms with E-state index in [-0.39, 0.29) is 18.1 Å². The van der Waals surface area contributed by atoms with Crippen molar-refractivity contribution < 1.29 is 4.79 Å². The first-order chi connectivity index (χ1) is 12.0. The summed E-state index contributed by atoms with van der Waals surface area (Å²) in [5, 5.41) is 3.19. The van der Waals surface area contributed by atoms with E-state index in [4.69, 9.17) is 11.6 Å². The van der Waals surface area contributed by atoms with Crippen LogP contribution in [0, 0.1) is 0 Å². The molecule has 0 aliphatic rings. The van der Waals surface area contributed by atoms with Crippen LogP contribution in [0.2, 0.25) is 5.02 Å². The Morgan fingerprint density at radius 3 is 2.48 bits per heavy atom. The number of amides is 1. The molecule has 25 heavy (non-hydrogen) atoms. The maximum Gasteiger partial charge on any atom is 0.329 e. The van der Waals surface area contributed by atoms with Gasteiger partial charge in [0.15, 0.2) is 0 Å².